The van der Waals surface area contributed by atoms with Gasteiger partial charge in [0.05, 0.1) is 10.6 Å². The van der Waals surface area contributed by atoms with Gasteiger partial charge < -0.3 is 9.80 Å². The maximum Gasteiger partial charge on any atom is 0.243 e. The zero-order chi connectivity index (χ0) is 22.8. The highest BCUT2D eigenvalue weighted by atomic mass is 32.2. The third kappa shape index (κ3) is 4.90. The Labute approximate surface area is 199 Å². The van der Waals surface area contributed by atoms with Gasteiger partial charge in [-0.1, -0.05) is 30.0 Å². The molecule has 3 aliphatic rings. The molecule has 1 amide bonds. The molecule has 3 fully saturated rings. The van der Waals surface area contributed by atoms with Crippen molar-refractivity contribution < 1.29 is 13.2 Å². The van der Waals surface area contributed by atoms with Crippen molar-refractivity contribution >= 4 is 33.6 Å². The van der Waals surface area contributed by atoms with E-state index in [1.54, 1.807) is 35.2 Å². The summed E-state index contributed by atoms with van der Waals surface area (Å²) in [5, 5.41) is 9.72. The summed E-state index contributed by atoms with van der Waals surface area (Å²) in [6, 6.07) is 8.91. The number of thioether (sulfide) groups is 1. The van der Waals surface area contributed by atoms with Crippen molar-refractivity contribution in [3.63, 3.8) is 0 Å². The highest BCUT2D eigenvalue weighted by Gasteiger charge is 2.33. The van der Waals surface area contributed by atoms with Gasteiger partial charge in [0, 0.05) is 45.3 Å². The van der Waals surface area contributed by atoms with Gasteiger partial charge in [-0.2, -0.15) is 4.31 Å². The molecule has 5 rings (SSSR count). The van der Waals surface area contributed by atoms with E-state index in [1.807, 2.05) is 0 Å². The quantitative estimate of drug-likeness (QED) is 0.550. The second-order valence-corrected chi connectivity index (χ2v) is 11.7. The summed E-state index contributed by atoms with van der Waals surface area (Å²) >= 11 is 1.44. The number of anilines is 1. The van der Waals surface area contributed by atoms with Crippen LogP contribution in [0.5, 0.6) is 0 Å². The molecule has 178 valence electrons. The van der Waals surface area contributed by atoms with E-state index in [4.69, 9.17) is 0 Å². The number of rotatable bonds is 7. The Morgan fingerprint density at radius 3 is 2.30 bits per heavy atom. The molecule has 0 radical (unpaired) electrons. The lowest BCUT2D eigenvalue weighted by molar-refractivity contribution is -0.129. The van der Waals surface area contributed by atoms with Gasteiger partial charge in [-0.25, -0.2) is 8.42 Å². The van der Waals surface area contributed by atoms with E-state index in [2.05, 4.69) is 19.7 Å². The summed E-state index contributed by atoms with van der Waals surface area (Å²) in [4.78, 5) is 17.3. The average Bonchev–Trinajstić information content (AvgIpc) is 3.62. The van der Waals surface area contributed by atoms with Crippen LogP contribution in [-0.2, 0) is 14.8 Å². The van der Waals surface area contributed by atoms with E-state index < -0.39 is 10.0 Å². The molecular formula is C22H30N6O3S2. The number of hydrogen-bond acceptors (Lipinski definition) is 7. The molecule has 2 aromatic rings. The van der Waals surface area contributed by atoms with Crippen LogP contribution in [0, 0.1) is 0 Å². The number of piperazine rings is 1. The molecular weight excluding hydrogens is 460 g/mol. The number of sulfonamides is 1. The number of aromatic nitrogens is 3. The second kappa shape index (κ2) is 9.63. The Bertz CT molecular complexity index is 1070. The minimum atomic E-state index is -3.52. The van der Waals surface area contributed by atoms with E-state index in [0.717, 1.165) is 37.0 Å². The van der Waals surface area contributed by atoms with Crippen LogP contribution < -0.4 is 4.90 Å². The molecule has 9 nitrogen and oxygen atoms in total. The third-order valence-electron chi connectivity index (χ3n) is 6.49. The Balaban J connectivity index is 1.18. The molecule has 3 heterocycles. The van der Waals surface area contributed by atoms with Crippen molar-refractivity contribution in [1.82, 2.24) is 24.0 Å². The fourth-order valence-electron chi connectivity index (χ4n) is 4.47. The predicted molar refractivity (Wildman–Crippen MR) is 127 cm³/mol. The van der Waals surface area contributed by atoms with Gasteiger partial charge in [-0.3, -0.25) is 9.36 Å². The van der Waals surface area contributed by atoms with E-state index in [0.29, 0.717) is 37.1 Å². The maximum absolute atomic E-state index is 12.9. The summed E-state index contributed by atoms with van der Waals surface area (Å²) in [7, 11) is -3.52. The first-order valence-corrected chi connectivity index (χ1v) is 14.1. The third-order valence-corrected chi connectivity index (χ3v) is 9.34. The molecule has 0 N–H and O–H groups in total. The van der Waals surface area contributed by atoms with Crippen LogP contribution in [0.4, 0.5) is 5.95 Å². The Hall–Kier alpha value is -2.11. The van der Waals surface area contributed by atoms with Crippen molar-refractivity contribution in [2.45, 2.75) is 48.2 Å². The van der Waals surface area contributed by atoms with E-state index in [1.165, 1.54) is 35.3 Å². The van der Waals surface area contributed by atoms with Crippen LogP contribution in [0.2, 0.25) is 0 Å². The van der Waals surface area contributed by atoms with Gasteiger partial charge in [0.1, 0.15) is 0 Å². The average molecular weight is 491 g/mol. The Morgan fingerprint density at radius 1 is 0.939 bits per heavy atom. The lowest BCUT2D eigenvalue weighted by Gasteiger charge is -2.34. The molecule has 0 bridgehead atoms. The normalized spacial score (nSPS) is 20.2. The zero-order valence-electron chi connectivity index (χ0n) is 18.7. The topological polar surface area (TPSA) is 91.6 Å². The number of piperidine rings is 1. The lowest BCUT2D eigenvalue weighted by atomic mass is 10.1. The molecule has 1 aromatic heterocycles. The summed E-state index contributed by atoms with van der Waals surface area (Å²) in [5.41, 5.74) is 0. The number of benzene rings is 1. The number of hydrogen-bond donors (Lipinski definition) is 0. The summed E-state index contributed by atoms with van der Waals surface area (Å²) in [6.07, 6.45) is 5.91. The Morgan fingerprint density at radius 2 is 1.64 bits per heavy atom. The monoisotopic (exact) mass is 490 g/mol. The predicted octanol–water partition coefficient (Wildman–Crippen LogP) is 2.23. The van der Waals surface area contributed by atoms with E-state index in [9.17, 15) is 13.2 Å². The zero-order valence-corrected chi connectivity index (χ0v) is 20.3. The molecule has 0 unspecified atom stereocenters. The first-order valence-electron chi connectivity index (χ1n) is 11.7. The van der Waals surface area contributed by atoms with Gasteiger partial charge >= 0.3 is 0 Å². The van der Waals surface area contributed by atoms with E-state index in [-0.39, 0.29) is 11.7 Å². The number of carbonyl (C=O) groups excluding carboxylic acids is 1. The standard InChI is InChI=1S/C22H30N6O3S2/c29-20(25-13-15-27(16-14-25)33(30,31)19-7-3-1-4-8-19)17-32-22-24-23-21(28(22)18-9-10-18)26-11-5-2-6-12-26/h1,3-4,7-8,18H,2,5-6,9-17H2. The van der Waals surface area contributed by atoms with Crippen molar-refractivity contribution in [3.8, 4) is 0 Å². The molecule has 11 heteroatoms. The number of carbonyl (C=O) groups is 1. The first kappa shape index (κ1) is 22.7. The van der Waals surface area contributed by atoms with Crippen molar-refractivity contribution in [1.29, 1.82) is 0 Å². The summed E-state index contributed by atoms with van der Waals surface area (Å²) in [6.45, 7) is 3.46. The summed E-state index contributed by atoms with van der Waals surface area (Å²) < 4.78 is 29.3. The van der Waals surface area contributed by atoms with Gasteiger partial charge in [0.2, 0.25) is 21.9 Å². The van der Waals surface area contributed by atoms with Gasteiger partial charge in [0.25, 0.3) is 0 Å². The van der Waals surface area contributed by atoms with Crippen LogP contribution in [0.3, 0.4) is 0 Å². The fourth-order valence-corrected chi connectivity index (χ4v) is 6.81. The van der Waals surface area contributed by atoms with Crippen molar-refractivity contribution in [2.75, 3.05) is 49.9 Å². The smallest absolute Gasteiger partial charge is 0.243 e. The molecule has 0 atom stereocenters. The van der Waals surface area contributed by atoms with Gasteiger partial charge in [-0.05, 0) is 44.2 Å². The van der Waals surface area contributed by atoms with Crippen LogP contribution in [0.25, 0.3) is 0 Å². The Kier molecular flexibility index (Phi) is 6.62. The SMILES string of the molecule is O=C(CSc1nnc(N2CCCCC2)n1C1CC1)N1CCN(S(=O)(=O)c2ccccc2)CC1. The first-order chi connectivity index (χ1) is 16.0. The maximum atomic E-state index is 12.9. The van der Waals surface area contributed by atoms with Crippen LogP contribution >= 0.6 is 11.8 Å². The molecule has 0 spiro atoms. The van der Waals surface area contributed by atoms with Crippen molar-refractivity contribution in [2.24, 2.45) is 0 Å². The van der Waals surface area contributed by atoms with Crippen LogP contribution in [-0.4, -0.2) is 83.3 Å². The van der Waals surface area contributed by atoms with Gasteiger partial charge in [0.15, 0.2) is 5.16 Å². The molecule has 2 saturated heterocycles. The molecule has 2 aliphatic heterocycles. The minimum absolute atomic E-state index is 0.0154. The van der Waals surface area contributed by atoms with Crippen LogP contribution in [0.1, 0.15) is 38.1 Å². The van der Waals surface area contributed by atoms with Crippen molar-refractivity contribution in [3.05, 3.63) is 30.3 Å². The highest BCUT2D eigenvalue weighted by Crippen LogP contribution is 2.41. The molecule has 33 heavy (non-hydrogen) atoms. The van der Waals surface area contributed by atoms with Crippen LogP contribution in [0.15, 0.2) is 40.4 Å². The molecule has 1 aromatic carbocycles. The highest BCUT2D eigenvalue weighted by molar-refractivity contribution is 7.99. The summed E-state index contributed by atoms with van der Waals surface area (Å²) in [5.74, 6) is 1.25. The lowest BCUT2D eigenvalue weighted by Crippen LogP contribution is -2.50. The second-order valence-electron chi connectivity index (χ2n) is 8.82. The molecule has 1 saturated carbocycles. The van der Waals surface area contributed by atoms with Gasteiger partial charge in [-0.15, -0.1) is 10.2 Å². The molecule has 1 aliphatic carbocycles. The van der Waals surface area contributed by atoms with E-state index >= 15 is 0 Å². The largest absolute Gasteiger partial charge is 0.341 e. The number of amides is 1. The fraction of sp³-hybridized carbons (Fsp3) is 0.591. The number of nitrogens with zero attached hydrogens (tertiary/aromatic N) is 6. The minimum Gasteiger partial charge on any atom is -0.341 e.